The SMILES string of the molecule is CCN[C@@H](CCO)c1cccnc1Cl. The van der Waals surface area contributed by atoms with Crippen molar-refractivity contribution in [3.8, 4) is 0 Å². The molecule has 0 spiro atoms. The fourth-order valence-corrected chi connectivity index (χ4v) is 1.65. The molecular weight excluding hydrogens is 200 g/mol. The first kappa shape index (κ1) is 11.4. The molecule has 1 aromatic rings. The van der Waals surface area contributed by atoms with E-state index in [0.29, 0.717) is 11.6 Å². The molecule has 2 N–H and O–H groups in total. The topological polar surface area (TPSA) is 45.1 Å². The van der Waals surface area contributed by atoms with Gasteiger partial charge in [-0.15, -0.1) is 0 Å². The van der Waals surface area contributed by atoms with Crippen LogP contribution in [0.4, 0.5) is 0 Å². The van der Waals surface area contributed by atoms with Gasteiger partial charge in [-0.05, 0) is 19.0 Å². The number of halogens is 1. The zero-order chi connectivity index (χ0) is 10.4. The molecule has 0 aliphatic heterocycles. The molecule has 0 bridgehead atoms. The van der Waals surface area contributed by atoms with Crippen LogP contribution in [0.2, 0.25) is 5.15 Å². The molecule has 0 fully saturated rings. The summed E-state index contributed by atoms with van der Waals surface area (Å²) in [6, 6.07) is 3.87. The lowest BCUT2D eigenvalue weighted by atomic mass is 10.1. The maximum atomic E-state index is 8.91. The van der Waals surface area contributed by atoms with Crippen molar-refractivity contribution in [2.24, 2.45) is 0 Å². The maximum absolute atomic E-state index is 8.91. The van der Waals surface area contributed by atoms with Gasteiger partial charge in [0.15, 0.2) is 0 Å². The Morgan fingerprint density at radius 3 is 3.00 bits per heavy atom. The molecule has 0 saturated heterocycles. The number of nitrogens with one attached hydrogen (secondary N) is 1. The zero-order valence-electron chi connectivity index (χ0n) is 8.20. The Balaban J connectivity index is 2.81. The van der Waals surface area contributed by atoms with Crippen molar-refractivity contribution in [2.75, 3.05) is 13.2 Å². The Bertz CT molecular complexity index is 275. The Kier molecular flexibility index (Phi) is 4.87. The van der Waals surface area contributed by atoms with Gasteiger partial charge in [0.05, 0.1) is 0 Å². The van der Waals surface area contributed by atoms with E-state index >= 15 is 0 Å². The standard InChI is InChI=1S/C10H15ClN2O/c1-2-12-9(5-7-14)8-4-3-6-13-10(8)11/h3-4,6,9,12,14H,2,5,7H2,1H3/t9-/m0/s1. The number of aliphatic hydroxyl groups is 1. The van der Waals surface area contributed by atoms with E-state index in [-0.39, 0.29) is 12.6 Å². The van der Waals surface area contributed by atoms with E-state index in [9.17, 15) is 0 Å². The van der Waals surface area contributed by atoms with Crippen molar-refractivity contribution in [3.63, 3.8) is 0 Å². The maximum Gasteiger partial charge on any atom is 0.133 e. The van der Waals surface area contributed by atoms with E-state index in [1.165, 1.54) is 0 Å². The van der Waals surface area contributed by atoms with Crippen LogP contribution < -0.4 is 5.32 Å². The number of nitrogens with zero attached hydrogens (tertiary/aromatic N) is 1. The van der Waals surface area contributed by atoms with Crippen LogP contribution in [0.25, 0.3) is 0 Å². The summed E-state index contributed by atoms with van der Waals surface area (Å²) in [5, 5.41) is 12.7. The van der Waals surface area contributed by atoms with E-state index in [2.05, 4.69) is 10.3 Å². The molecular formula is C10H15ClN2O. The quantitative estimate of drug-likeness (QED) is 0.735. The fourth-order valence-electron chi connectivity index (χ4n) is 1.40. The average molecular weight is 215 g/mol. The summed E-state index contributed by atoms with van der Waals surface area (Å²) >= 11 is 5.96. The van der Waals surface area contributed by atoms with E-state index in [1.807, 2.05) is 19.1 Å². The molecule has 4 heteroatoms. The molecule has 0 saturated carbocycles. The normalized spacial score (nSPS) is 12.8. The van der Waals surface area contributed by atoms with Crippen molar-refractivity contribution in [1.29, 1.82) is 0 Å². The highest BCUT2D eigenvalue weighted by atomic mass is 35.5. The first-order valence-corrected chi connectivity index (χ1v) is 5.12. The summed E-state index contributed by atoms with van der Waals surface area (Å²) in [6.45, 7) is 3.01. The number of hydrogen-bond donors (Lipinski definition) is 2. The predicted molar refractivity (Wildman–Crippen MR) is 57.4 cm³/mol. The van der Waals surface area contributed by atoms with E-state index in [1.54, 1.807) is 6.20 Å². The summed E-state index contributed by atoms with van der Waals surface area (Å²) < 4.78 is 0. The number of aromatic nitrogens is 1. The monoisotopic (exact) mass is 214 g/mol. The average Bonchev–Trinajstić information content (AvgIpc) is 2.18. The highest BCUT2D eigenvalue weighted by molar-refractivity contribution is 6.30. The smallest absolute Gasteiger partial charge is 0.133 e. The second kappa shape index (κ2) is 5.96. The first-order valence-electron chi connectivity index (χ1n) is 4.74. The second-order valence-electron chi connectivity index (χ2n) is 3.01. The van der Waals surface area contributed by atoms with Crippen LogP contribution in [0.3, 0.4) is 0 Å². The minimum Gasteiger partial charge on any atom is -0.396 e. The fraction of sp³-hybridized carbons (Fsp3) is 0.500. The molecule has 14 heavy (non-hydrogen) atoms. The molecule has 0 aliphatic carbocycles. The molecule has 1 heterocycles. The van der Waals surface area contributed by atoms with Gasteiger partial charge in [0.2, 0.25) is 0 Å². The van der Waals surface area contributed by atoms with Crippen LogP contribution in [0, 0.1) is 0 Å². The van der Waals surface area contributed by atoms with Crippen molar-refractivity contribution < 1.29 is 5.11 Å². The number of aliphatic hydroxyl groups excluding tert-OH is 1. The Labute approximate surface area is 89.1 Å². The minimum absolute atomic E-state index is 0.0891. The van der Waals surface area contributed by atoms with Crippen LogP contribution in [0.15, 0.2) is 18.3 Å². The first-order chi connectivity index (χ1) is 6.79. The molecule has 0 aliphatic rings. The Morgan fingerprint density at radius 2 is 2.43 bits per heavy atom. The molecule has 0 aromatic carbocycles. The van der Waals surface area contributed by atoms with Gasteiger partial charge < -0.3 is 10.4 Å². The lowest BCUT2D eigenvalue weighted by molar-refractivity contribution is 0.266. The van der Waals surface area contributed by atoms with Crippen LogP contribution >= 0.6 is 11.6 Å². The number of hydrogen-bond acceptors (Lipinski definition) is 3. The summed E-state index contributed by atoms with van der Waals surface area (Å²) in [5.41, 5.74) is 0.949. The number of pyridine rings is 1. The third kappa shape index (κ3) is 2.94. The van der Waals surface area contributed by atoms with Crippen LogP contribution in [-0.2, 0) is 0 Å². The summed E-state index contributed by atoms with van der Waals surface area (Å²) in [7, 11) is 0. The van der Waals surface area contributed by atoms with Gasteiger partial charge in [0.1, 0.15) is 5.15 Å². The van der Waals surface area contributed by atoms with Gasteiger partial charge in [0, 0.05) is 24.4 Å². The van der Waals surface area contributed by atoms with Gasteiger partial charge in [0.25, 0.3) is 0 Å². The third-order valence-corrected chi connectivity index (χ3v) is 2.35. The largest absolute Gasteiger partial charge is 0.396 e. The zero-order valence-corrected chi connectivity index (χ0v) is 8.96. The van der Waals surface area contributed by atoms with Crippen molar-refractivity contribution >= 4 is 11.6 Å². The molecule has 1 aromatic heterocycles. The molecule has 3 nitrogen and oxygen atoms in total. The van der Waals surface area contributed by atoms with Gasteiger partial charge >= 0.3 is 0 Å². The molecule has 0 amide bonds. The highest BCUT2D eigenvalue weighted by Crippen LogP contribution is 2.22. The Hall–Kier alpha value is -0.640. The van der Waals surface area contributed by atoms with E-state index in [4.69, 9.17) is 16.7 Å². The van der Waals surface area contributed by atoms with Crippen molar-refractivity contribution in [1.82, 2.24) is 10.3 Å². The van der Waals surface area contributed by atoms with Crippen molar-refractivity contribution in [3.05, 3.63) is 29.0 Å². The summed E-state index contributed by atoms with van der Waals surface area (Å²) in [6.07, 6.45) is 2.31. The van der Waals surface area contributed by atoms with Gasteiger partial charge in [-0.25, -0.2) is 4.98 Å². The summed E-state index contributed by atoms with van der Waals surface area (Å²) in [5.74, 6) is 0. The number of rotatable bonds is 5. The minimum atomic E-state index is 0.0891. The summed E-state index contributed by atoms with van der Waals surface area (Å²) in [4.78, 5) is 4.01. The predicted octanol–water partition coefficient (Wildman–Crippen LogP) is 1.77. The van der Waals surface area contributed by atoms with Crippen LogP contribution in [0.1, 0.15) is 24.9 Å². The third-order valence-electron chi connectivity index (χ3n) is 2.03. The molecule has 78 valence electrons. The molecule has 0 unspecified atom stereocenters. The molecule has 1 atom stereocenters. The molecule has 1 rings (SSSR count). The lowest BCUT2D eigenvalue weighted by Crippen LogP contribution is -2.22. The van der Waals surface area contributed by atoms with Gasteiger partial charge in [-0.3, -0.25) is 0 Å². The van der Waals surface area contributed by atoms with Crippen LogP contribution in [0.5, 0.6) is 0 Å². The van der Waals surface area contributed by atoms with Gasteiger partial charge in [-0.2, -0.15) is 0 Å². The van der Waals surface area contributed by atoms with Crippen LogP contribution in [-0.4, -0.2) is 23.2 Å². The van der Waals surface area contributed by atoms with E-state index < -0.39 is 0 Å². The molecule has 0 radical (unpaired) electrons. The Morgan fingerprint density at radius 1 is 1.64 bits per heavy atom. The second-order valence-corrected chi connectivity index (χ2v) is 3.36. The van der Waals surface area contributed by atoms with E-state index in [0.717, 1.165) is 12.1 Å². The highest BCUT2D eigenvalue weighted by Gasteiger charge is 2.12. The lowest BCUT2D eigenvalue weighted by Gasteiger charge is -2.17. The van der Waals surface area contributed by atoms with Gasteiger partial charge in [-0.1, -0.05) is 24.6 Å². The van der Waals surface area contributed by atoms with Crippen molar-refractivity contribution in [2.45, 2.75) is 19.4 Å².